The van der Waals surface area contributed by atoms with Crippen molar-refractivity contribution < 1.29 is 9.90 Å². The van der Waals surface area contributed by atoms with Gasteiger partial charge in [-0.15, -0.1) is 5.10 Å². The zero-order valence-electron chi connectivity index (χ0n) is 14.0. The number of benzene rings is 2. The van der Waals surface area contributed by atoms with Crippen molar-refractivity contribution in [2.24, 2.45) is 0 Å². The summed E-state index contributed by atoms with van der Waals surface area (Å²) in [5.74, 6) is -0.572. The van der Waals surface area contributed by atoms with Gasteiger partial charge in [0.25, 0.3) is 0 Å². The molecule has 7 heteroatoms. The third kappa shape index (κ3) is 3.19. The molecule has 0 fully saturated rings. The fraction of sp³-hybridized carbons (Fsp3) is 0. The molecule has 2 aromatic heterocycles. The second kappa shape index (κ2) is 6.61. The van der Waals surface area contributed by atoms with Crippen molar-refractivity contribution >= 4 is 23.3 Å². The molecule has 2 aromatic carbocycles. The Morgan fingerprint density at radius 1 is 1.04 bits per heavy atom. The van der Waals surface area contributed by atoms with Crippen molar-refractivity contribution in [3.8, 4) is 17.2 Å². The number of anilines is 2. The average Bonchev–Trinajstić information content (AvgIpc) is 3.10. The summed E-state index contributed by atoms with van der Waals surface area (Å²) in [6.45, 7) is 0. The van der Waals surface area contributed by atoms with Crippen LogP contribution in [0.15, 0.2) is 66.9 Å². The predicted octanol–water partition coefficient (Wildman–Crippen LogP) is 3.71. The van der Waals surface area contributed by atoms with Gasteiger partial charge >= 0.3 is 5.97 Å². The van der Waals surface area contributed by atoms with Crippen molar-refractivity contribution in [3.63, 3.8) is 0 Å². The Morgan fingerprint density at radius 2 is 1.78 bits per heavy atom. The quantitative estimate of drug-likeness (QED) is 0.578. The molecule has 0 saturated heterocycles. The van der Waals surface area contributed by atoms with E-state index in [0.29, 0.717) is 22.8 Å². The highest BCUT2D eigenvalue weighted by atomic mass is 16.4. The lowest BCUT2D eigenvalue weighted by Crippen LogP contribution is -1.96. The molecule has 2 N–H and O–H groups in total. The standard InChI is InChI=1S/C20H13N5O2/c21-11-15-3-1-2-4-17(15)22-20-23-18-10-9-16(12-25(18)24-20)13-5-7-14(8-6-13)19(26)27/h1-10,12H,(H,22,24)(H,26,27). The van der Waals surface area contributed by atoms with Crippen LogP contribution < -0.4 is 5.32 Å². The van der Waals surface area contributed by atoms with E-state index in [1.165, 1.54) is 0 Å². The number of hydrogen-bond acceptors (Lipinski definition) is 5. The number of nitriles is 1. The number of pyridine rings is 1. The van der Waals surface area contributed by atoms with E-state index in [2.05, 4.69) is 21.5 Å². The highest BCUT2D eigenvalue weighted by Crippen LogP contribution is 2.22. The molecule has 0 aliphatic heterocycles. The Balaban J connectivity index is 1.66. The molecular formula is C20H13N5O2. The number of fused-ring (bicyclic) bond motifs is 1. The van der Waals surface area contributed by atoms with Gasteiger partial charge in [0, 0.05) is 11.8 Å². The molecule has 27 heavy (non-hydrogen) atoms. The SMILES string of the molecule is N#Cc1ccccc1Nc1nc2ccc(-c3ccc(C(=O)O)cc3)cn2n1. The zero-order chi connectivity index (χ0) is 18.8. The number of carboxylic acids is 1. The number of aromatic carboxylic acids is 1. The summed E-state index contributed by atoms with van der Waals surface area (Å²) in [7, 11) is 0. The summed E-state index contributed by atoms with van der Waals surface area (Å²) in [4.78, 5) is 15.4. The van der Waals surface area contributed by atoms with E-state index in [4.69, 9.17) is 5.11 Å². The van der Waals surface area contributed by atoms with Crippen LogP contribution >= 0.6 is 0 Å². The maximum absolute atomic E-state index is 11.0. The van der Waals surface area contributed by atoms with Crippen molar-refractivity contribution in [1.82, 2.24) is 14.6 Å². The molecule has 0 aliphatic rings. The zero-order valence-corrected chi connectivity index (χ0v) is 14.0. The van der Waals surface area contributed by atoms with Crippen LogP contribution in [0, 0.1) is 11.3 Å². The van der Waals surface area contributed by atoms with Gasteiger partial charge in [0.05, 0.1) is 16.8 Å². The molecule has 0 aliphatic carbocycles. The van der Waals surface area contributed by atoms with Crippen LogP contribution in [-0.2, 0) is 0 Å². The van der Waals surface area contributed by atoms with Crippen LogP contribution in [-0.4, -0.2) is 25.7 Å². The highest BCUT2D eigenvalue weighted by Gasteiger charge is 2.09. The predicted molar refractivity (Wildman–Crippen MR) is 99.8 cm³/mol. The minimum Gasteiger partial charge on any atom is -0.478 e. The van der Waals surface area contributed by atoms with Crippen LogP contribution in [0.4, 0.5) is 11.6 Å². The monoisotopic (exact) mass is 355 g/mol. The first-order chi connectivity index (χ1) is 13.1. The largest absolute Gasteiger partial charge is 0.478 e. The van der Waals surface area contributed by atoms with E-state index in [-0.39, 0.29) is 5.56 Å². The molecule has 0 radical (unpaired) electrons. The van der Waals surface area contributed by atoms with Gasteiger partial charge < -0.3 is 10.4 Å². The second-order valence-electron chi connectivity index (χ2n) is 5.82. The number of para-hydroxylation sites is 1. The molecule has 0 saturated carbocycles. The molecule has 0 spiro atoms. The van der Waals surface area contributed by atoms with E-state index in [1.54, 1.807) is 47.0 Å². The topological polar surface area (TPSA) is 103 Å². The normalized spacial score (nSPS) is 10.5. The van der Waals surface area contributed by atoms with Crippen molar-refractivity contribution in [3.05, 3.63) is 78.0 Å². The van der Waals surface area contributed by atoms with E-state index in [1.807, 2.05) is 24.4 Å². The lowest BCUT2D eigenvalue weighted by molar-refractivity contribution is 0.0697. The third-order valence-electron chi connectivity index (χ3n) is 4.09. The molecule has 4 rings (SSSR count). The summed E-state index contributed by atoms with van der Waals surface area (Å²) >= 11 is 0. The molecule has 4 aromatic rings. The molecule has 7 nitrogen and oxygen atoms in total. The van der Waals surface area contributed by atoms with Gasteiger partial charge in [-0.25, -0.2) is 9.31 Å². The van der Waals surface area contributed by atoms with Crippen LogP contribution in [0.25, 0.3) is 16.8 Å². The summed E-state index contributed by atoms with van der Waals surface area (Å²) in [5, 5.41) is 25.6. The minimum atomic E-state index is -0.957. The summed E-state index contributed by atoms with van der Waals surface area (Å²) < 4.78 is 1.64. The minimum absolute atomic E-state index is 0.239. The van der Waals surface area contributed by atoms with E-state index >= 15 is 0 Å². The molecule has 0 bridgehead atoms. The Labute approximate surface area is 154 Å². The van der Waals surface area contributed by atoms with E-state index < -0.39 is 5.97 Å². The number of carboxylic acid groups (broad SMARTS) is 1. The average molecular weight is 355 g/mol. The molecule has 130 valence electrons. The summed E-state index contributed by atoms with van der Waals surface area (Å²) in [6, 6.07) is 19.6. The van der Waals surface area contributed by atoms with Crippen LogP contribution in [0.3, 0.4) is 0 Å². The Hall–Kier alpha value is -4.18. The number of nitrogens with zero attached hydrogens (tertiary/aromatic N) is 4. The number of rotatable bonds is 4. The third-order valence-corrected chi connectivity index (χ3v) is 4.09. The molecule has 0 amide bonds. The molecule has 2 heterocycles. The first kappa shape index (κ1) is 16.3. The maximum Gasteiger partial charge on any atom is 0.335 e. The number of aromatic nitrogens is 3. The smallest absolute Gasteiger partial charge is 0.335 e. The number of nitrogens with one attached hydrogen (secondary N) is 1. The lowest BCUT2D eigenvalue weighted by atomic mass is 10.1. The van der Waals surface area contributed by atoms with Gasteiger partial charge in [0.15, 0.2) is 5.65 Å². The van der Waals surface area contributed by atoms with Gasteiger partial charge in [-0.1, -0.05) is 24.3 Å². The molecular weight excluding hydrogens is 342 g/mol. The summed E-state index contributed by atoms with van der Waals surface area (Å²) in [6.07, 6.45) is 1.82. The number of carbonyl (C=O) groups is 1. The van der Waals surface area contributed by atoms with Gasteiger partial charge in [0.2, 0.25) is 5.95 Å². The van der Waals surface area contributed by atoms with Crippen LogP contribution in [0.2, 0.25) is 0 Å². The summed E-state index contributed by atoms with van der Waals surface area (Å²) in [5.41, 5.74) is 3.80. The molecule has 0 atom stereocenters. The van der Waals surface area contributed by atoms with Crippen molar-refractivity contribution in [1.29, 1.82) is 5.26 Å². The van der Waals surface area contributed by atoms with Crippen molar-refractivity contribution in [2.45, 2.75) is 0 Å². The first-order valence-corrected chi connectivity index (χ1v) is 8.10. The van der Waals surface area contributed by atoms with Crippen molar-refractivity contribution in [2.75, 3.05) is 5.32 Å². The fourth-order valence-corrected chi connectivity index (χ4v) is 2.72. The van der Waals surface area contributed by atoms with Gasteiger partial charge in [0.1, 0.15) is 6.07 Å². The lowest BCUT2D eigenvalue weighted by Gasteiger charge is -2.03. The first-order valence-electron chi connectivity index (χ1n) is 8.10. The Bertz CT molecular complexity index is 1190. The second-order valence-corrected chi connectivity index (χ2v) is 5.82. The maximum atomic E-state index is 11.0. The Kier molecular flexibility index (Phi) is 3.99. The Morgan fingerprint density at radius 3 is 2.52 bits per heavy atom. The van der Waals surface area contributed by atoms with E-state index in [9.17, 15) is 10.1 Å². The molecule has 0 unspecified atom stereocenters. The number of hydrogen-bond donors (Lipinski definition) is 2. The fourth-order valence-electron chi connectivity index (χ4n) is 2.72. The van der Waals surface area contributed by atoms with Gasteiger partial charge in [-0.2, -0.15) is 10.2 Å². The van der Waals surface area contributed by atoms with Crippen LogP contribution in [0.5, 0.6) is 0 Å². The van der Waals surface area contributed by atoms with Crippen LogP contribution in [0.1, 0.15) is 15.9 Å². The van der Waals surface area contributed by atoms with Gasteiger partial charge in [-0.3, -0.25) is 0 Å². The van der Waals surface area contributed by atoms with E-state index in [0.717, 1.165) is 11.1 Å². The van der Waals surface area contributed by atoms with Gasteiger partial charge in [-0.05, 0) is 42.0 Å². The highest BCUT2D eigenvalue weighted by molar-refractivity contribution is 5.88.